The summed E-state index contributed by atoms with van der Waals surface area (Å²) >= 11 is 3.30. The van der Waals surface area contributed by atoms with Crippen LogP contribution in [0.1, 0.15) is 10.4 Å². The Balaban J connectivity index is 1.91. The monoisotopic (exact) mass is 451 g/mol. The van der Waals surface area contributed by atoms with Crippen LogP contribution in [0.4, 0.5) is 5.69 Å². The molecule has 2 aromatic carbocycles. The summed E-state index contributed by atoms with van der Waals surface area (Å²) in [5.41, 5.74) is 0.855. The number of anilines is 1. The third-order valence-corrected chi connectivity index (χ3v) is 5.35. The Kier molecular flexibility index (Phi) is 7.28. The van der Waals surface area contributed by atoms with Crippen molar-refractivity contribution in [1.82, 2.24) is 10.0 Å². The Hall–Kier alpha value is -2.49. The lowest BCUT2D eigenvalue weighted by molar-refractivity contribution is -0.115. The molecule has 0 bridgehead atoms. The van der Waals surface area contributed by atoms with Crippen molar-refractivity contribution in [2.24, 2.45) is 0 Å². The normalized spacial score (nSPS) is 10.9. The molecule has 0 saturated carbocycles. The Morgan fingerprint density at radius 3 is 2.26 bits per heavy atom. The van der Waals surface area contributed by atoms with E-state index in [9.17, 15) is 18.0 Å². The van der Waals surface area contributed by atoms with Gasteiger partial charge in [-0.2, -0.15) is 0 Å². The molecule has 2 amide bonds. The van der Waals surface area contributed by atoms with Crippen molar-refractivity contribution in [1.29, 1.82) is 0 Å². The van der Waals surface area contributed by atoms with Crippen molar-refractivity contribution in [3.63, 3.8) is 0 Å². The van der Waals surface area contributed by atoms with Crippen LogP contribution in [0.2, 0.25) is 0 Å². The van der Waals surface area contributed by atoms with Gasteiger partial charge in [-0.25, -0.2) is 13.1 Å². The molecule has 0 aliphatic heterocycles. The summed E-state index contributed by atoms with van der Waals surface area (Å²) in [4.78, 5) is 24.0. The molecule has 0 spiro atoms. The van der Waals surface area contributed by atoms with Gasteiger partial charge in [0.15, 0.2) is 0 Å². The molecule has 3 N–H and O–H groups in total. The Bertz CT molecular complexity index is 926. The molecule has 0 saturated heterocycles. The number of benzene rings is 2. The van der Waals surface area contributed by atoms with Crippen molar-refractivity contribution in [2.75, 3.05) is 18.4 Å². The molecule has 142 valence electrons. The van der Waals surface area contributed by atoms with E-state index in [2.05, 4.69) is 37.9 Å². The lowest BCUT2D eigenvalue weighted by Gasteiger charge is -2.08. The average Bonchev–Trinajstić information content (AvgIpc) is 2.66. The minimum absolute atomic E-state index is 0.0360. The smallest absolute Gasteiger partial charge is 0.251 e. The topological polar surface area (TPSA) is 104 Å². The summed E-state index contributed by atoms with van der Waals surface area (Å²) in [6.45, 7) is 3.34. The quantitative estimate of drug-likeness (QED) is 0.535. The first-order chi connectivity index (χ1) is 12.8. The summed E-state index contributed by atoms with van der Waals surface area (Å²) in [7, 11) is -3.65. The number of sulfonamides is 1. The average molecular weight is 452 g/mol. The van der Waals surface area contributed by atoms with E-state index in [1.165, 1.54) is 30.3 Å². The van der Waals surface area contributed by atoms with Crippen LogP contribution in [-0.2, 0) is 14.8 Å². The van der Waals surface area contributed by atoms with Crippen LogP contribution in [0.3, 0.4) is 0 Å². The second-order valence-electron chi connectivity index (χ2n) is 5.40. The van der Waals surface area contributed by atoms with Gasteiger partial charge in [-0.05, 0) is 48.5 Å². The van der Waals surface area contributed by atoms with E-state index in [0.29, 0.717) is 5.69 Å². The van der Waals surface area contributed by atoms with Crippen molar-refractivity contribution in [2.45, 2.75) is 4.90 Å². The van der Waals surface area contributed by atoms with Crippen LogP contribution < -0.4 is 15.4 Å². The number of halogens is 1. The zero-order valence-corrected chi connectivity index (χ0v) is 16.6. The van der Waals surface area contributed by atoms with Crippen LogP contribution in [0, 0.1) is 0 Å². The number of hydrogen-bond acceptors (Lipinski definition) is 4. The highest BCUT2D eigenvalue weighted by molar-refractivity contribution is 9.10. The van der Waals surface area contributed by atoms with E-state index in [1.54, 1.807) is 24.3 Å². The molecule has 0 unspecified atom stereocenters. The zero-order valence-electron chi connectivity index (χ0n) is 14.2. The van der Waals surface area contributed by atoms with Gasteiger partial charge >= 0.3 is 0 Å². The number of carbonyl (C=O) groups excluding carboxylic acids is 2. The summed E-state index contributed by atoms with van der Waals surface area (Å²) < 4.78 is 27.2. The minimum atomic E-state index is -3.65. The molecule has 0 radical (unpaired) electrons. The van der Waals surface area contributed by atoms with Gasteiger partial charge in [0, 0.05) is 22.3 Å². The Morgan fingerprint density at radius 1 is 1.04 bits per heavy atom. The van der Waals surface area contributed by atoms with Gasteiger partial charge in [-0.15, -0.1) is 6.58 Å². The molecule has 0 aliphatic rings. The zero-order chi connectivity index (χ0) is 19.9. The fourth-order valence-corrected chi connectivity index (χ4v) is 3.30. The van der Waals surface area contributed by atoms with Crippen molar-refractivity contribution >= 4 is 43.5 Å². The van der Waals surface area contributed by atoms with Gasteiger partial charge in [0.05, 0.1) is 11.4 Å². The number of hydrogen-bond donors (Lipinski definition) is 3. The van der Waals surface area contributed by atoms with Gasteiger partial charge < -0.3 is 10.6 Å². The Labute approximate surface area is 166 Å². The van der Waals surface area contributed by atoms with E-state index in [4.69, 9.17) is 0 Å². The van der Waals surface area contributed by atoms with Crippen LogP contribution in [0.15, 0.2) is 70.6 Å². The number of amides is 2. The van der Waals surface area contributed by atoms with E-state index in [1.807, 2.05) is 0 Å². The summed E-state index contributed by atoms with van der Waals surface area (Å²) in [5, 5.41) is 5.14. The summed E-state index contributed by atoms with van der Waals surface area (Å²) in [6, 6.07) is 12.4. The first-order valence-electron chi connectivity index (χ1n) is 7.86. The Morgan fingerprint density at radius 2 is 1.67 bits per heavy atom. The second kappa shape index (κ2) is 9.45. The lowest BCUT2D eigenvalue weighted by atomic mass is 10.2. The van der Waals surface area contributed by atoms with Gasteiger partial charge in [0.1, 0.15) is 0 Å². The number of rotatable bonds is 8. The van der Waals surface area contributed by atoms with Crippen molar-refractivity contribution in [3.8, 4) is 0 Å². The first-order valence-corrected chi connectivity index (χ1v) is 10.1. The van der Waals surface area contributed by atoms with E-state index in [-0.39, 0.29) is 29.5 Å². The van der Waals surface area contributed by atoms with Crippen molar-refractivity contribution < 1.29 is 18.0 Å². The van der Waals surface area contributed by atoms with E-state index < -0.39 is 15.9 Å². The standard InChI is InChI=1S/C18H18BrN3O4S/c1-2-11-21-27(25,26)16-9-3-13(4-10-16)18(24)20-12-17(23)22-15-7-5-14(19)6-8-15/h2-10,21H,1,11-12H2,(H,20,24)(H,22,23). The fraction of sp³-hybridized carbons (Fsp3) is 0.111. The van der Waals surface area contributed by atoms with Crippen LogP contribution in [0.5, 0.6) is 0 Å². The largest absolute Gasteiger partial charge is 0.343 e. The van der Waals surface area contributed by atoms with E-state index in [0.717, 1.165) is 4.47 Å². The van der Waals surface area contributed by atoms with Crippen molar-refractivity contribution in [3.05, 3.63) is 71.2 Å². The molecule has 2 aromatic rings. The van der Waals surface area contributed by atoms with Gasteiger partial charge in [0.25, 0.3) is 5.91 Å². The molecule has 0 fully saturated rings. The van der Waals surface area contributed by atoms with Crippen LogP contribution >= 0.6 is 15.9 Å². The maximum absolute atomic E-state index is 12.1. The molecule has 0 atom stereocenters. The minimum Gasteiger partial charge on any atom is -0.343 e. The van der Waals surface area contributed by atoms with E-state index >= 15 is 0 Å². The molecule has 0 aromatic heterocycles. The predicted octanol–water partition coefficient (Wildman–Crippen LogP) is 2.28. The second-order valence-corrected chi connectivity index (χ2v) is 8.09. The first kappa shape index (κ1) is 20.8. The predicted molar refractivity (Wildman–Crippen MR) is 107 cm³/mol. The molecule has 9 heteroatoms. The molecule has 27 heavy (non-hydrogen) atoms. The molecular weight excluding hydrogens is 434 g/mol. The lowest BCUT2D eigenvalue weighted by Crippen LogP contribution is -2.32. The molecule has 2 rings (SSSR count). The summed E-state index contributed by atoms with van der Waals surface area (Å²) in [5.74, 6) is -0.859. The highest BCUT2D eigenvalue weighted by Crippen LogP contribution is 2.14. The molecule has 0 aliphatic carbocycles. The number of nitrogens with one attached hydrogen (secondary N) is 3. The molecule has 7 nitrogen and oxygen atoms in total. The third kappa shape index (κ3) is 6.31. The fourth-order valence-electron chi connectivity index (χ4n) is 2.04. The van der Waals surface area contributed by atoms with Gasteiger partial charge in [0.2, 0.25) is 15.9 Å². The van der Waals surface area contributed by atoms with Crippen LogP contribution in [-0.4, -0.2) is 33.3 Å². The maximum atomic E-state index is 12.1. The highest BCUT2D eigenvalue weighted by Gasteiger charge is 2.14. The SMILES string of the molecule is C=CCNS(=O)(=O)c1ccc(C(=O)NCC(=O)Nc2ccc(Br)cc2)cc1. The maximum Gasteiger partial charge on any atom is 0.251 e. The molecular formula is C18H18BrN3O4S. The number of carbonyl (C=O) groups is 2. The molecule has 0 heterocycles. The van der Waals surface area contributed by atoms with Crippen LogP contribution in [0.25, 0.3) is 0 Å². The summed E-state index contributed by atoms with van der Waals surface area (Å²) in [6.07, 6.45) is 1.43. The third-order valence-electron chi connectivity index (χ3n) is 3.38. The van der Waals surface area contributed by atoms with Gasteiger partial charge in [-0.1, -0.05) is 22.0 Å². The van der Waals surface area contributed by atoms with Gasteiger partial charge in [-0.3, -0.25) is 9.59 Å². The highest BCUT2D eigenvalue weighted by atomic mass is 79.9.